The predicted octanol–water partition coefficient (Wildman–Crippen LogP) is 6.41. The van der Waals surface area contributed by atoms with E-state index in [-0.39, 0.29) is 11.0 Å². The highest BCUT2D eigenvalue weighted by Gasteiger charge is 2.18. The van der Waals surface area contributed by atoms with Gasteiger partial charge in [-0.1, -0.05) is 87.4 Å². The molecule has 0 bridgehead atoms. The Morgan fingerprint density at radius 1 is 0.828 bits per heavy atom. The predicted molar refractivity (Wildman–Crippen MR) is 120 cm³/mol. The van der Waals surface area contributed by atoms with Crippen LogP contribution in [0, 0.1) is 12.3 Å². The van der Waals surface area contributed by atoms with Crippen molar-refractivity contribution in [2.24, 2.45) is 0 Å². The molecule has 2 nitrogen and oxygen atoms in total. The van der Waals surface area contributed by atoms with Gasteiger partial charge in [0.25, 0.3) is 0 Å². The zero-order valence-corrected chi connectivity index (χ0v) is 16.8. The summed E-state index contributed by atoms with van der Waals surface area (Å²) in [6, 6.07) is 24.2. The molecule has 0 unspecified atom stereocenters. The Balaban J connectivity index is 0.000000286. The maximum Gasteiger partial charge on any atom is 0.352 e. The SMILES string of the molecule is C#Cc1c(-c2ccccc2)c2ccc(C(C)(C)C)cc2oc1=O.c1cc2cc-2c1. The smallest absolute Gasteiger partial charge is 0.352 e. The van der Waals surface area contributed by atoms with Gasteiger partial charge in [-0.25, -0.2) is 4.79 Å². The van der Waals surface area contributed by atoms with Crippen LogP contribution in [0.5, 0.6) is 0 Å². The maximum absolute atomic E-state index is 12.3. The molecular weight excluding hydrogens is 356 g/mol. The van der Waals surface area contributed by atoms with Gasteiger partial charge >= 0.3 is 5.63 Å². The minimum Gasteiger partial charge on any atom is -0.422 e. The van der Waals surface area contributed by atoms with Crippen molar-refractivity contribution in [1.82, 2.24) is 0 Å². The van der Waals surface area contributed by atoms with E-state index in [2.05, 4.69) is 57.0 Å². The van der Waals surface area contributed by atoms with E-state index in [9.17, 15) is 4.79 Å². The van der Waals surface area contributed by atoms with E-state index >= 15 is 0 Å². The molecule has 0 saturated heterocycles. The molecule has 29 heavy (non-hydrogen) atoms. The number of terminal acetylenes is 1. The molecule has 0 aliphatic heterocycles. The molecule has 2 aliphatic carbocycles. The molecule has 0 atom stereocenters. The molecular formula is C27H22O2. The number of rotatable bonds is 1. The maximum atomic E-state index is 12.3. The quantitative estimate of drug-likeness (QED) is 0.249. The first-order valence-corrected chi connectivity index (χ1v) is 9.62. The van der Waals surface area contributed by atoms with Crippen LogP contribution >= 0.6 is 0 Å². The van der Waals surface area contributed by atoms with Gasteiger partial charge in [-0.2, -0.15) is 0 Å². The first-order chi connectivity index (χ1) is 13.9. The minimum absolute atomic E-state index is 0.0234. The molecule has 0 saturated carbocycles. The lowest BCUT2D eigenvalue weighted by molar-refractivity contribution is 0.552. The van der Waals surface area contributed by atoms with Crippen molar-refractivity contribution in [2.75, 3.05) is 0 Å². The molecule has 1 heterocycles. The van der Waals surface area contributed by atoms with E-state index in [1.165, 1.54) is 11.1 Å². The average molecular weight is 378 g/mol. The fraction of sp³-hybridized carbons (Fsp3) is 0.148. The summed E-state index contributed by atoms with van der Waals surface area (Å²) >= 11 is 0. The van der Waals surface area contributed by atoms with Gasteiger partial charge < -0.3 is 4.42 Å². The third-order valence-electron chi connectivity index (χ3n) is 5.09. The largest absolute Gasteiger partial charge is 0.422 e. The van der Waals surface area contributed by atoms with Gasteiger partial charge in [0.2, 0.25) is 0 Å². The van der Waals surface area contributed by atoms with Gasteiger partial charge in [0, 0.05) is 10.9 Å². The monoisotopic (exact) mass is 378 g/mol. The van der Waals surface area contributed by atoms with Crippen molar-refractivity contribution >= 4 is 11.0 Å². The normalized spacial score (nSPS) is 11.4. The summed E-state index contributed by atoms with van der Waals surface area (Å²) < 4.78 is 5.48. The minimum atomic E-state index is -0.468. The van der Waals surface area contributed by atoms with Crippen molar-refractivity contribution in [2.45, 2.75) is 26.2 Å². The Morgan fingerprint density at radius 3 is 2.00 bits per heavy atom. The summed E-state index contributed by atoms with van der Waals surface area (Å²) in [6.45, 7) is 6.38. The van der Waals surface area contributed by atoms with Crippen molar-refractivity contribution < 1.29 is 4.42 Å². The number of benzene rings is 3. The third kappa shape index (κ3) is 3.73. The molecule has 2 heteroatoms. The Morgan fingerprint density at radius 2 is 1.48 bits per heavy atom. The van der Waals surface area contributed by atoms with E-state index in [0.29, 0.717) is 5.58 Å². The molecule has 0 spiro atoms. The van der Waals surface area contributed by atoms with Gasteiger partial charge in [0.15, 0.2) is 0 Å². The Kier molecular flexibility index (Phi) is 4.60. The number of fused-ring (bicyclic) bond motifs is 2. The van der Waals surface area contributed by atoms with Gasteiger partial charge in [-0.15, -0.1) is 6.42 Å². The van der Waals surface area contributed by atoms with Crippen molar-refractivity contribution in [3.05, 3.63) is 94.3 Å². The topological polar surface area (TPSA) is 30.2 Å². The number of hydrogen-bond acceptors (Lipinski definition) is 2. The van der Waals surface area contributed by atoms with Crippen molar-refractivity contribution in [1.29, 1.82) is 0 Å². The van der Waals surface area contributed by atoms with Crippen LogP contribution in [0.4, 0.5) is 0 Å². The molecule has 0 fully saturated rings. The van der Waals surface area contributed by atoms with Crippen LogP contribution < -0.4 is 5.63 Å². The molecule has 1 aromatic heterocycles. The molecule has 5 rings (SSSR count). The fourth-order valence-electron chi connectivity index (χ4n) is 3.38. The summed E-state index contributed by atoms with van der Waals surface area (Å²) in [5, 5.41) is 0.858. The van der Waals surface area contributed by atoms with Crippen LogP contribution in [0.25, 0.3) is 33.2 Å². The average Bonchev–Trinajstić information content (AvgIpc) is 3.31. The molecule has 142 valence electrons. The van der Waals surface area contributed by atoms with Crippen LogP contribution in [0.2, 0.25) is 0 Å². The summed E-state index contributed by atoms with van der Waals surface area (Å²) in [5.74, 6) is 2.49. The first-order valence-electron chi connectivity index (χ1n) is 9.62. The van der Waals surface area contributed by atoms with E-state index < -0.39 is 5.63 Å². The molecule has 0 N–H and O–H groups in total. The van der Waals surface area contributed by atoms with Crippen molar-refractivity contribution in [3.8, 4) is 34.6 Å². The first kappa shape index (κ1) is 18.8. The summed E-state index contributed by atoms with van der Waals surface area (Å²) in [7, 11) is 0. The zero-order chi connectivity index (χ0) is 20.6. The molecule has 2 aromatic carbocycles. The Bertz CT molecular complexity index is 1280. The van der Waals surface area contributed by atoms with Crippen LogP contribution in [0.3, 0.4) is 0 Å². The van der Waals surface area contributed by atoms with Crippen molar-refractivity contribution in [3.63, 3.8) is 0 Å². The van der Waals surface area contributed by atoms with Gasteiger partial charge in [0.1, 0.15) is 11.1 Å². The lowest BCUT2D eigenvalue weighted by atomic mass is 9.86. The van der Waals surface area contributed by atoms with Gasteiger partial charge in [-0.3, -0.25) is 0 Å². The van der Waals surface area contributed by atoms with Crippen LogP contribution in [0.1, 0.15) is 31.9 Å². The van der Waals surface area contributed by atoms with E-state index in [0.717, 1.165) is 22.1 Å². The van der Waals surface area contributed by atoms with E-state index in [1.54, 1.807) is 0 Å². The third-order valence-corrected chi connectivity index (χ3v) is 5.09. The second kappa shape index (κ2) is 7.11. The highest BCUT2D eigenvalue weighted by molar-refractivity contribution is 5.96. The second-order valence-corrected chi connectivity index (χ2v) is 8.19. The zero-order valence-electron chi connectivity index (χ0n) is 16.8. The Hall–Kier alpha value is -3.57. The van der Waals surface area contributed by atoms with E-state index in [1.807, 2.05) is 42.5 Å². The van der Waals surface area contributed by atoms with Crippen LogP contribution in [-0.2, 0) is 5.41 Å². The Labute approximate surface area is 170 Å². The molecule has 3 aromatic rings. The molecule has 2 aliphatic rings. The second-order valence-electron chi connectivity index (χ2n) is 8.19. The number of hydrogen-bond donors (Lipinski definition) is 0. The lowest BCUT2D eigenvalue weighted by Gasteiger charge is -2.19. The van der Waals surface area contributed by atoms with Gasteiger partial charge in [0.05, 0.1) is 0 Å². The summed E-state index contributed by atoms with van der Waals surface area (Å²) in [5.41, 5.74) is 5.99. The summed E-state index contributed by atoms with van der Waals surface area (Å²) in [4.78, 5) is 12.3. The van der Waals surface area contributed by atoms with Gasteiger partial charge in [-0.05, 0) is 39.8 Å². The fourth-order valence-corrected chi connectivity index (χ4v) is 3.38. The summed E-state index contributed by atoms with van der Waals surface area (Å²) in [6.07, 6.45) is 5.57. The standard InChI is InChI=1S/C21H18O2.C6H4/c1-5-16-19(14-9-7-6-8-10-14)17-12-11-15(21(2,3)4)13-18(17)23-20(16)22;1-2-5-4-6(5)3-1/h1,6-13H,2-4H3;1-4H. The van der Waals surface area contributed by atoms with E-state index in [4.69, 9.17) is 10.8 Å². The highest BCUT2D eigenvalue weighted by Crippen LogP contribution is 2.33. The van der Waals surface area contributed by atoms with Crippen LogP contribution in [0.15, 0.2) is 82.0 Å². The lowest BCUT2D eigenvalue weighted by Crippen LogP contribution is -2.12. The molecule has 0 amide bonds. The van der Waals surface area contributed by atoms with Crippen LogP contribution in [-0.4, -0.2) is 0 Å². The highest BCUT2D eigenvalue weighted by atomic mass is 16.4. The molecule has 0 radical (unpaired) electrons.